The van der Waals surface area contributed by atoms with Gasteiger partial charge in [0.25, 0.3) is 0 Å². The van der Waals surface area contributed by atoms with Crippen molar-refractivity contribution in [3.63, 3.8) is 0 Å². The average molecular weight is 430 g/mol. The van der Waals surface area contributed by atoms with Gasteiger partial charge in [0.15, 0.2) is 11.5 Å². The van der Waals surface area contributed by atoms with Crippen molar-refractivity contribution in [2.45, 2.75) is 13.0 Å². The van der Waals surface area contributed by atoms with Crippen molar-refractivity contribution in [2.24, 2.45) is 0 Å². The smallest absolute Gasteiger partial charge is 0.237 e. The fraction of sp³-hybridized carbons (Fsp3) is 0.435. The van der Waals surface area contributed by atoms with Gasteiger partial charge in [-0.1, -0.05) is 17.7 Å². The molecule has 0 aliphatic carbocycles. The summed E-state index contributed by atoms with van der Waals surface area (Å²) in [7, 11) is 3.29. The number of carbonyl (C=O) groups is 1. The number of benzene rings is 2. The molecule has 4 rings (SSSR count). The summed E-state index contributed by atoms with van der Waals surface area (Å²) >= 11 is 6.12. The van der Waals surface area contributed by atoms with Crippen LogP contribution in [-0.4, -0.2) is 69.2 Å². The van der Waals surface area contributed by atoms with Crippen LogP contribution in [0.2, 0.25) is 5.02 Å². The van der Waals surface area contributed by atoms with E-state index in [9.17, 15) is 4.79 Å². The van der Waals surface area contributed by atoms with Gasteiger partial charge in [-0.2, -0.15) is 0 Å². The number of nitrogens with zero attached hydrogens (tertiary/aromatic N) is 3. The number of fused-ring (bicyclic) bond motifs is 1. The molecule has 2 aliphatic rings. The molecule has 6 nitrogen and oxygen atoms in total. The lowest BCUT2D eigenvalue weighted by Gasteiger charge is -2.37. The number of anilines is 1. The number of carbonyl (C=O) groups excluding carboxylic acids is 1. The molecule has 160 valence electrons. The molecule has 2 aromatic carbocycles. The van der Waals surface area contributed by atoms with Gasteiger partial charge in [-0.3, -0.25) is 9.69 Å². The summed E-state index contributed by atoms with van der Waals surface area (Å²) in [4.78, 5) is 19.5. The van der Waals surface area contributed by atoms with Crippen molar-refractivity contribution in [2.75, 3.05) is 58.4 Å². The van der Waals surface area contributed by atoms with E-state index in [0.29, 0.717) is 18.8 Å². The van der Waals surface area contributed by atoms with Crippen molar-refractivity contribution in [3.8, 4) is 11.5 Å². The Balaban J connectivity index is 1.33. The zero-order valence-electron chi connectivity index (χ0n) is 17.6. The number of methoxy groups -OCH3 is 2. The minimum absolute atomic E-state index is 0.187. The molecular weight excluding hydrogens is 402 g/mol. The number of hydrogen-bond acceptors (Lipinski definition) is 5. The molecule has 2 aliphatic heterocycles. The largest absolute Gasteiger partial charge is 0.493 e. The van der Waals surface area contributed by atoms with Crippen molar-refractivity contribution >= 4 is 23.2 Å². The maximum Gasteiger partial charge on any atom is 0.237 e. The fourth-order valence-electron chi connectivity index (χ4n) is 4.22. The molecule has 7 heteroatoms. The van der Waals surface area contributed by atoms with Crippen LogP contribution >= 0.6 is 11.6 Å². The van der Waals surface area contributed by atoms with Gasteiger partial charge in [-0.05, 0) is 47.9 Å². The van der Waals surface area contributed by atoms with Gasteiger partial charge in [-0.15, -0.1) is 0 Å². The van der Waals surface area contributed by atoms with E-state index < -0.39 is 0 Å². The summed E-state index contributed by atoms with van der Waals surface area (Å²) in [5.41, 5.74) is 3.51. The molecular formula is C23H28ClN3O3. The van der Waals surface area contributed by atoms with E-state index >= 15 is 0 Å². The minimum Gasteiger partial charge on any atom is -0.493 e. The van der Waals surface area contributed by atoms with E-state index in [0.717, 1.165) is 61.2 Å². The highest BCUT2D eigenvalue weighted by atomic mass is 35.5. The Kier molecular flexibility index (Phi) is 6.35. The Morgan fingerprint density at radius 2 is 1.67 bits per heavy atom. The van der Waals surface area contributed by atoms with Crippen LogP contribution in [0.5, 0.6) is 11.5 Å². The van der Waals surface area contributed by atoms with E-state index in [1.54, 1.807) is 14.2 Å². The highest BCUT2D eigenvalue weighted by Gasteiger charge is 2.26. The van der Waals surface area contributed by atoms with Gasteiger partial charge in [-0.25, -0.2) is 0 Å². The first kappa shape index (κ1) is 20.8. The molecule has 0 N–H and O–H groups in total. The average Bonchev–Trinajstić information content (AvgIpc) is 2.78. The quantitative estimate of drug-likeness (QED) is 0.731. The van der Waals surface area contributed by atoms with Crippen LogP contribution in [-0.2, 0) is 17.8 Å². The fourth-order valence-corrected chi connectivity index (χ4v) is 4.41. The van der Waals surface area contributed by atoms with Crippen LogP contribution in [0, 0.1) is 0 Å². The molecule has 1 amide bonds. The Morgan fingerprint density at radius 1 is 0.967 bits per heavy atom. The van der Waals surface area contributed by atoms with Gasteiger partial charge in [0.1, 0.15) is 0 Å². The summed E-state index contributed by atoms with van der Waals surface area (Å²) in [5, 5.41) is 0.754. The Hall–Kier alpha value is -2.44. The summed E-state index contributed by atoms with van der Waals surface area (Å²) in [5.74, 6) is 1.64. The zero-order valence-corrected chi connectivity index (χ0v) is 18.3. The van der Waals surface area contributed by atoms with Crippen LogP contribution in [0.4, 0.5) is 5.69 Å². The molecule has 1 fully saturated rings. The Bertz CT molecular complexity index is 913. The molecule has 1 saturated heterocycles. The highest BCUT2D eigenvalue weighted by molar-refractivity contribution is 6.30. The molecule has 0 bridgehead atoms. The van der Waals surface area contributed by atoms with Crippen molar-refractivity contribution in [3.05, 3.63) is 52.5 Å². The summed E-state index contributed by atoms with van der Waals surface area (Å²) in [6.45, 7) is 5.36. The molecule has 0 unspecified atom stereocenters. The van der Waals surface area contributed by atoms with E-state index in [2.05, 4.69) is 15.9 Å². The second-order valence-corrected chi connectivity index (χ2v) is 8.22. The molecule has 0 radical (unpaired) electrons. The third kappa shape index (κ3) is 4.50. The summed E-state index contributed by atoms with van der Waals surface area (Å²) in [6, 6.07) is 12.0. The predicted molar refractivity (Wildman–Crippen MR) is 119 cm³/mol. The van der Waals surface area contributed by atoms with Gasteiger partial charge in [0, 0.05) is 50.0 Å². The third-order valence-corrected chi connectivity index (χ3v) is 6.21. The maximum absolute atomic E-state index is 12.9. The van der Waals surface area contributed by atoms with Crippen molar-refractivity contribution in [1.82, 2.24) is 9.80 Å². The van der Waals surface area contributed by atoms with Crippen LogP contribution < -0.4 is 14.4 Å². The highest BCUT2D eigenvalue weighted by Crippen LogP contribution is 2.33. The molecule has 2 heterocycles. The number of rotatable bonds is 5. The maximum atomic E-state index is 12.9. The topological polar surface area (TPSA) is 45.3 Å². The van der Waals surface area contributed by atoms with Crippen molar-refractivity contribution in [1.29, 1.82) is 0 Å². The first-order valence-electron chi connectivity index (χ1n) is 10.3. The van der Waals surface area contributed by atoms with Crippen molar-refractivity contribution < 1.29 is 14.3 Å². The molecule has 0 aromatic heterocycles. The Labute approximate surface area is 182 Å². The van der Waals surface area contributed by atoms with E-state index in [1.165, 1.54) is 5.56 Å². The third-order valence-electron chi connectivity index (χ3n) is 5.98. The SMILES string of the molecule is COc1cc2c(cc1OC)CN(C(=O)CN1CCN(c3cccc(Cl)c3)CC1)CC2. The van der Waals surface area contributed by atoms with Crippen LogP contribution in [0.25, 0.3) is 0 Å². The summed E-state index contributed by atoms with van der Waals surface area (Å²) in [6.07, 6.45) is 0.837. The lowest BCUT2D eigenvalue weighted by molar-refractivity contribution is -0.133. The van der Waals surface area contributed by atoms with E-state index in [-0.39, 0.29) is 5.91 Å². The van der Waals surface area contributed by atoms with Crippen LogP contribution in [0.3, 0.4) is 0 Å². The lowest BCUT2D eigenvalue weighted by Crippen LogP contribution is -2.50. The van der Waals surface area contributed by atoms with E-state index in [1.807, 2.05) is 35.2 Å². The van der Waals surface area contributed by atoms with E-state index in [4.69, 9.17) is 21.1 Å². The normalized spacial score (nSPS) is 16.9. The molecule has 0 atom stereocenters. The summed E-state index contributed by atoms with van der Waals surface area (Å²) < 4.78 is 10.8. The number of hydrogen-bond donors (Lipinski definition) is 0. The van der Waals surface area contributed by atoms with Gasteiger partial charge >= 0.3 is 0 Å². The second-order valence-electron chi connectivity index (χ2n) is 7.78. The Morgan fingerprint density at radius 3 is 2.33 bits per heavy atom. The monoisotopic (exact) mass is 429 g/mol. The number of amides is 1. The number of piperazine rings is 1. The van der Waals surface area contributed by atoms with Gasteiger partial charge in [0.05, 0.1) is 20.8 Å². The first-order chi connectivity index (χ1) is 14.6. The lowest BCUT2D eigenvalue weighted by atomic mass is 9.98. The second kappa shape index (κ2) is 9.14. The first-order valence-corrected chi connectivity index (χ1v) is 10.7. The minimum atomic E-state index is 0.187. The molecule has 30 heavy (non-hydrogen) atoms. The standard InChI is InChI=1S/C23H28ClN3O3/c1-29-21-12-17-6-7-27(15-18(17)13-22(21)30-2)23(28)16-25-8-10-26(11-9-25)20-5-3-4-19(24)14-20/h3-5,12-14H,6-11,15-16H2,1-2H3. The predicted octanol–water partition coefficient (Wildman–Crippen LogP) is 3.06. The van der Waals surface area contributed by atoms with Crippen LogP contribution in [0.15, 0.2) is 36.4 Å². The number of ether oxygens (including phenoxy) is 2. The van der Waals surface area contributed by atoms with Gasteiger partial charge in [0.2, 0.25) is 5.91 Å². The molecule has 2 aromatic rings. The molecule has 0 spiro atoms. The zero-order chi connectivity index (χ0) is 21.1. The number of halogens is 1. The molecule has 0 saturated carbocycles. The van der Waals surface area contributed by atoms with Gasteiger partial charge < -0.3 is 19.3 Å². The van der Waals surface area contributed by atoms with Crippen LogP contribution in [0.1, 0.15) is 11.1 Å².